The Balaban J connectivity index is 2.40. The van der Waals surface area contributed by atoms with Crippen molar-refractivity contribution < 1.29 is 4.79 Å². The summed E-state index contributed by atoms with van der Waals surface area (Å²) in [5, 5.41) is 6.97. The average Bonchev–Trinajstić information content (AvgIpc) is 2.73. The highest BCUT2D eigenvalue weighted by molar-refractivity contribution is 5.92. The first-order chi connectivity index (χ1) is 8.17. The van der Waals surface area contributed by atoms with Gasteiger partial charge in [-0.25, -0.2) is 0 Å². The fourth-order valence-electron chi connectivity index (χ4n) is 1.86. The van der Waals surface area contributed by atoms with E-state index in [9.17, 15) is 4.79 Å². The Morgan fingerprint density at radius 2 is 2.35 bits per heavy atom. The van der Waals surface area contributed by atoms with Crippen molar-refractivity contribution in [2.45, 2.75) is 26.2 Å². The Morgan fingerprint density at radius 1 is 1.59 bits per heavy atom. The molecule has 1 heterocycles. The molecule has 5 nitrogen and oxygen atoms in total. The number of nitrogens with one attached hydrogen (secondary N) is 1. The minimum absolute atomic E-state index is 0.108. The van der Waals surface area contributed by atoms with Crippen LogP contribution in [0.25, 0.3) is 0 Å². The topological polar surface area (TPSA) is 72.9 Å². The van der Waals surface area contributed by atoms with Gasteiger partial charge in [0.05, 0.1) is 0 Å². The van der Waals surface area contributed by atoms with Gasteiger partial charge < -0.3 is 11.1 Å². The summed E-state index contributed by atoms with van der Waals surface area (Å²) >= 11 is 0. The van der Waals surface area contributed by atoms with Crippen LogP contribution >= 0.6 is 0 Å². The Kier molecular flexibility index (Phi) is 5.69. The maximum absolute atomic E-state index is 11.8. The van der Waals surface area contributed by atoms with Gasteiger partial charge in [-0.2, -0.15) is 5.10 Å². The first-order valence-corrected chi connectivity index (χ1v) is 6.15. The Hall–Kier alpha value is -1.36. The van der Waals surface area contributed by atoms with Crippen molar-refractivity contribution in [2.24, 2.45) is 18.7 Å². The van der Waals surface area contributed by atoms with Crippen molar-refractivity contribution >= 4 is 5.91 Å². The van der Waals surface area contributed by atoms with Crippen molar-refractivity contribution in [3.63, 3.8) is 0 Å². The standard InChI is InChI=1S/C12H22N4O/c1-3-4-10(5-7-13)9-14-12(17)11-6-8-16(2)15-11/h6,8,10H,3-5,7,9,13H2,1-2H3,(H,14,17). The number of carbonyl (C=O) groups excluding carboxylic acids is 1. The summed E-state index contributed by atoms with van der Waals surface area (Å²) in [6.07, 6.45) is 4.93. The predicted octanol–water partition coefficient (Wildman–Crippen LogP) is 0.915. The normalized spacial score (nSPS) is 12.4. The molecular formula is C12H22N4O. The average molecular weight is 238 g/mol. The van der Waals surface area contributed by atoms with Crippen molar-refractivity contribution in [2.75, 3.05) is 13.1 Å². The van der Waals surface area contributed by atoms with E-state index in [1.807, 2.05) is 0 Å². The number of rotatable bonds is 7. The summed E-state index contributed by atoms with van der Waals surface area (Å²) in [6.45, 7) is 3.49. The van der Waals surface area contributed by atoms with Crippen molar-refractivity contribution in [1.29, 1.82) is 0 Å². The zero-order valence-corrected chi connectivity index (χ0v) is 10.6. The minimum Gasteiger partial charge on any atom is -0.350 e. The molecule has 1 rings (SSSR count). The summed E-state index contributed by atoms with van der Waals surface area (Å²) in [6, 6.07) is 1.72. The number of amides is 1. The number of nitrogens with zero attached hydrogens (tertiary/aromatic N) is 2. The molecule has 1 aromatic heterocycles. The van der Waals surface area contributed by atoms with Crippen molar-refractivity contribution in [3.8, 4) is 0 Å². The van der Waals surface area contributed by atoms with Crippen LogP contribution in [0.4, 0.5) is 0 Å². The minimum atomic E-state index is -0.108. The molecule has 1 atom stereocenters. The molecule has 17 heavy (non-hydrogen) atoms. The van der Waals surface area contributed by atoms with E-state index >= 15 is 0 Å². The van der Waals surface area contributed by atoms with Gasteiger partial charge in [-0.05, 0) is 31.4 Å². The lowest BCUT2D eigenvalue weighted by atomic mass is 10.00. The smallest absolute Gasteiger partial charge is 0.271 e. The van der Waals surface area contributed by atoms with Crippen molar-refractivity contribution in [3.05, 3.63) is 18.0 Å². The molecule has 0 aromatic carbocycles. The molecule has 0 saturated carbocycles. The molecule has 0 bridgehead atoms. The largest absolute Gasteiger partial charge is 0.350 e. The number of hydrogen-bond acceptors (Lipinski definition) is 3. The molecule has 0 saturated heterocycles. The van der Waals surface area contributed by atoms with Crippen LogP contribution < -0.4 is 11.1 Å². The Bertz CT molecular complexity index is 342. The summed E-state index contributed by atoms with van der Waals surface area (Å²) in [5.74, 6) is 0.362. The molecule has 0 aliphatic carbocycles. The highest BCUT2D eigenvalue weighted by atomic mass is 16.1. The lowest BCUT2D eigenvalue weighted by Crippen LogP contribution is -2.30. The monoisotopic (exact) mass is 238 g/mol. The van der Waals surface area contributed by atoms with Gasteiger partial charge in [0, 0.05) is 19.8 Å². The molecule has 5 heteroatoms. The first-order valence-electron chi connectivity index (χ1n) is 6.15. The third kappa shape index (κ3) is 4.56. The second kappa shape index (κ2) is 7.06. The zero-order chi connectivity index (χ0) is 12.7. The van der Waals surface area contributed by atoms with Crippen LogP contribution in [0.1, 0.15) is 36.7 Å². The van der Waals surface area contributed by atoms with Crippen LogP contribution in [0.3, 0.4) is 0 Å². The summed E-state index contributed by atoms with van der Waals surface area (Å²) in [4.78, 5) is 11.8. The van der Waals surface area contributed by atoms with Gasteiger partial charge in [0.15, 0.2) is 0 Å². The second-order valence-electron chi connectivity index (χ2n) is 4.32. The third-order valence-electron chi connectivity index (χ3n) is 2.77. The molecule has 0 radical (unpaired) electrons. The predicted molar refractivity (Wildman–Crippen MR) is 67.6 cm³/mol. The highest BCUT2D eigenvalue weighted by Gasteiger charge is 2.12. The molecule has 3 N–H and O–H groups in total. The second-order valence-corrected chi connectivity index (χ2v) is 4.32. The fraction of sp³-hybridized carbons (Fsp3) is 0.667. The van der Waals surface area contributed by atoms with Gasteiger partial charge in [0.1, 0.15) is 5.69 Å². The molecule has 1 aromatic rings. The van der Waals surface area contributed by atoms with Gasteiger partial charge >= 0.3 is 0 Å². The number of carbonyl (C=O) groups is 1. The lowest BCUT2D eigenvalue weighted by molar-refractivity contribution is 0.0940. The van der Waals surface area contributed by atoms with Crippen LogP contribution in [0, 0.1) is 5.92 Å². The molecule has 0 fully saturated rings. The van der Waals surface area contributed by atoms with E-state index in [1.165, 1.54) is 0 Å². The number of hydrogen-bond donors (Lipinski definition) is 2. The molecule has 0 spiro atoms. The third-order valence-corrected chi connectivity index (χ3v) is 2.77. The fourth-order valence-corrected chi connectivity index (χ4v) is 1.86. The Labute approximate surface area is 102 Å². The maximum atomic E-state index is 11.8. The summed E-state index contributed by atoms with van der Waals surface area (Å²) in [5.41, 5.74) is 6.02. The van der Waals surface area contributed by atoms with Crippen molar-refractivity contribution in [1.82, 2.24) is 15.1 Å². The van der Waals surface area contributed by atoms with Crippen LogP contribution in [0.15, 0.2) is 12.3 Å². The van der Waals surface area contributed by atoms with E-state index in [2.05, 4.69) is 17.3 Å². The maximum Gasteiger partial charge on any atom is 0.271 e. The lowest BCUT2D eigenvalue weighted by Gasteiger charge is -2.15. The van der Waals surface area contributed by atoms with Crippen LogP contribution in [0.2, 0.25) is 0 Å². The number of nitrogens with two attached hydrogens (primary N) is 1. The Morgan fingerprint density at radius 3 is 2.88 bits per heavy atom. The van der Waals surface area contributed by atoms with E-state index in [-0.39, 0.29) is 5.91 Å². The molecule has 96 valence electrons. The summed E-state index contributed by atoms with van der Waals surface area (Å²) < 4.78 is 1.62. The van der Waals surface area contributed by atoms with Gasteiger partial charge in [-0.15, -0.1) is 0 Å². The van der Waals surface area contributed by atoms with Gasteiger partial charge in [-0.1, -0.05) is 13.3 Å². The molecule has 0 aliphatic rings. The molecule has 1 unspecified atom stereocenters. The van der Waals surface area contributed by atoms with Crippen LogP contribution in [0.5, 0.6) is 0 Å². The van der Waals surface area contributed by atoms with Crippen LogP contribution in [-0.2, 0) is 7.05 Å². The van der Waals surface area contributed by atoms with Gasteiger partial charge in [0.2, 0.25) is 0 Å². The van der Waals surface area contributed by atoms with E-state index in [4.69, 9.17) is 5.73 Å². The zero-order valence-electron chi connectivity index (χ0n) is 10.6. The highest BCUT2D eigenvalue weighted by Crippen LogP contribution is 2.09. The van der Waals surface area contributed by atoms with E-state index < -0.39 is 0 Å². The van der Waals surface area contributed by atoms with Gasteiger partial charge in [-0.3, -0.25) is 9.48 Å². The number of aryl methyl sites for hydroxylation is 1. The van der Waals surface area contributed by atoms with E-state index in [0.29, 0.717) is 24.7 Å². The van der Waals surface area contributed by atoms with Gasteiger partial charge in [0.25, 0.3) is 5.91 Å². The van der Waals surface area contributed by atoms with E-state index in [0.717, 1.165) is 19.3 Å². The molecular weight excluding hydrogens is 216 g/mol. The molecule has 1 amide bonds. The first kappa shape index (κ1) is 13.7. The summed E-state index contributed by atoms with van der Waals surface area (Å²) in [7, 11) is 1.80. The van der Waals surface area contributed by atoms with Crippen LogP contribution in [-0.4, -0.2) is 28.8 Å². The SMILES string of the molecule is CCCC(CCN)CNC(=O)c1ccn(C)n1. The number of aromatic nitrogens is 2. The van der Waals surface area contributed by atoms with E-state index in [1.54, 1.807) is 24.0 Å². The molecule has 0 aliphatic heterocycles. The quantitative estimate of drug-likeness (QED) is 0.741.